The van der Waals surface area contributed by atoms with Crippen LogP contribution in [0.2, 0.25) is 0 Å². The molecule has 0 aromatic heterocycles. The molecular weight excluding hydrogens is 257 g/mol. The number of nitrogens with zero attached hydrogens (tertiary/aromatic N) is 1. The molecule has 0 amide bonds. The molecule has 2 aliphatic rings. The summed E-state index contributed by atoms with van der Waals surface area (Å²) in [6.07, 6.45) is 2.49. The van der Waals surface area contributed by atoms with Crippen LogP contribution >= 0.6 is 0 Å². The van der Waals surface area contributed by atoms with Gasteiger partial charge >= 0.3 is 0 Å². The van der Waals surface area contributed by atoms with E-state index >= 15 is 0 Å². The van der Waals surface area contributed by atoms with Gasteiger partial charge in [0.1, 0.15) is 5.82 Å². The van der Waals surface area contributed by atoms with Crippen molar-refractivity contribution in [2.75, 3.05) is 19.7 Å². The second kappa shape index (κ2) is 5.77. The number of nitrogens with one attached hydrogen (secondary N) is 1. The van der Waals surface area contributed by atoms with Crippen molar-refractivity contribution in [1.82, 2.24) is 10.3 Å². The maximum absolute atomic E-state index is 13.4. The van der Waals surface area contributed by atoms with E-state index in [0.717, 1.165) is 25.3 Å². The highest BCUT2D eigenvalue weighted by Gasteiger charge is 2.36. The van der Waals surface area contributed by atoms with Crippen LogP contribution in [0, 0.1) is 12.7 Å². The molecule has 110 valence electrons. The number of halogens is 1. The molecule has 5 heteroatoms. The SMILES string of the molecule is Cc1cc(C(NN)C2CN3CCCC3CO2)ccc1F. The summed E-state index contributed by atoms with van der Waals surface area (Å²) in [6, 6.07) is 5.60. The number of aryl methyl sites for hydroxylation is 1. The third kappa shape index (κ3) is 2.59. The zero-order chi connectivity index (χ0) is 14.1. The molecule has 4 nitrogen and oxygen atoms in total. The Morgan fingerprint density at radius 2 is 2.35 bits per heavy atom. The highest BCUT2D eigenvalue weighted by Crippen LogP contribution is 2.29. The lowest BCUT2D eigenvalue weighted by Gasteiger charge is -2.38. The van der Waals surface area contributed by atoms with Gasteiger partial charge in [0.05, 0.1) is 18.8 Å². The van der Waals surface area contributed by atoms with E-state index in [4.69, 9.17) is 10.6 Å². The Balaban J connectivity index is 1.77. The van der Waals surface area contributed by atoms with Crippen LogP contribution in [-0.4, -0.2) is 36.7 Å². The predicted octanol–water partition coefficient (Wildman–Crippen LogP) is 1.50. The lowest BCUT2D eigenvalue weighted by Crippen LogP contribution is -2.51. The van der Waals surface area contributed by atoms with Crippen molar-refractivity contribution in [2.24, 2.45) is 5.84 Å². The molecule has 2 heterocycles. The number of hydrogen-bond donors (Lipinski definition) is 2. The van der Waals surface area contributed by atoms with Crippen molar-refractivity contribution in [3.05, 3.63) is 35.1 Å². The summed E-state index contributed by atoms with van der Waals surface area (Å²) in [6.45, 7) is 4.56. The molecule has 0 bridgehead atoms. The van der Waals surface area contributed by atoms with E-state index < -0.39 is 0 Å². The number of benzene rings is 1. The normalized spacial score (nSPS) is 28.4. The third-order valence-corrected chi connectivity index (χ3v) is 4.51. The molecule has 3 unspecified atom stereocenters. The molecule has 3 atom stereocenters. The zero-order valence-corrected chi connectivity index (χ0v) is 11.8. The van der Waals surface area contributed by atoms with E-state index in [9.17, 15) is 4.39 Å². The molecule has 3 rings (SSSR count). The van der Waals surface area contributed by atoms with Gasteiger partial charge in [-0.25, -0.2) is 4.39 Å². The van der Waals surface area contributed by atoms with E-state index in [1.54, 1.807) is 13.0 Å². The average molecular weight is 279 g/mol. The fraction of sp³-hybridized carbons (Fsp3) is 0.600. The number of fused-ring (bicyclic) bond motifs is 1. The second-order valence-corrected chi connectivity index (χ2v) is 5.82. The van der Waals surface area contributed by atoms with Gasteiger partial charge in [-0.05, 0) is 43.5 Å². The zero-order valence-electron chi connectivity index (χ0n) is 11.8. The Kier molecular flexibility index (Phi) is 4.03. The minimum atomic E-state index is -0.186. The fourth-order valence-corrected chi connectivity index (χ4v) is 3.32. The second-order valence-electron chi connectivity index (χ2n) is 5.82. The minimum absolute atomic E-state index is 0.0132. The molecule has 1 aromatic carbocycles. The molecule has 0 aliphatic carbocycles. The maximum atomic E-state index is 13.4. The molecule has 0 spiro atoms. The quantitative estimate of drug-likeness (QED) is 0.650. The summed E-state index contributed by atoms with van der Waals surface area (Å²) >= 11 is 0. The molecule has 2 fully saturated rings. The first kappa shape index (κ1) is 13.9. The number of hydrogen-bond acceptors (Lipinski definition) is 4. The van der Waals surface area contributed by atoms with Crippen LogP contribution in [0.3, 0.4) is 0 Å². The molecule has 1 aromatic rings. The summed E-state index contributed by atoms with van der Waals surface area (Å²) in [5, 5.41) is 0. The van der Waals surface area contributed by atoms with Crippen LogP contribution in [0.15, 0.2) is 18.2 Å². The van der Waals surface area contributed by atoms with Gasteiger partial charge < -0.3 is 4.74 Å². The Bertz CT molecular complexity index is 482. The topological polar surface area (TPSA) is 50.5 Å². The largest absolute Gasteiger partial charge is 0.373 e. The number of ether oxygens (including phenoxy) is 1. The van der Waals surface area contributed by atoms with E-state index in [2.05, 4.69) is 10.3 Å². The Morgan fingerprint density at radius 1 is 1.50 bits per heavy atom. The van der Waals surface area contributed by atoms with E-state index in [0.29, 0.717) is 11.6 Å². The van der Waals surface area contributed by atoms with Crippen LogP contribution in [0.4, 0.5) is 4.39 Å². The first-order valence-corrected chi connectivity index (χ1v) is 7.27. The van der Waals surface area contributed by atoms with Gasteiger partial charge in [0, 0.05) is 12.6 Å². The number of hydrazine groups is 1. The van der Waals surface area contributed by atoms with Crippen molar-refractivity contribution in [3.63, 3.8) is 0 Å². The van der Waals surface area contributed by atoms with Crippen LogP contribution in [-0.2, 0) is 4.74 Å². The minimum Gasteiger partial charge on any atom is -0.373 e. The van der Waals surface area contributed by atoms with E-state index in [-0.39, 0.29) is 18.0 Å². The summed E-state index contributed by atoms with van der Waals surface area (Å²) in [7, 11) is 0. The van der Waals surface area contributed by atoms with Gasteiger partial charge in [-0.3, -0.25) is 16.2 Å². The maximum Gasteiger partial charge on any atom is 0.126 e. The molecule has 0 radical (unpaired) electrons. The average Bonchev–Trinajstić information content (AvgIpc) is 2.91. The van der Waals surface area contributed by atoms with Crippen molar-refractivity contribution < 1.29 is 9.13 Å². The monoisotopic (exact) mass is 279 g/mol. The molecule has 3 N–H and O–H groups in total. The number of morpholine rings is 1. The van der Waals surface area contributed by atoms with Crippen LogP contribution in [0.1, 0.15) is 30.0 Å². The van der Waals surface area contributed by atoms with E-state index in [1.165, 1.54) is 18.9 Å². The smallest absolute Gasteiger partial charge is 0.126 e. The van der Waals surface area contributed by atoms with Gasteiger partial charge in [-0.1, -0.05) is 12.1 Å². The lowest BCUT2D eigenvalue weighted by molar-refractivity contribution is -0.0653. The highest BCUT2D eigenvalue weighted by molar-refractivity contribution is 5.27. The highest BCUT2D eigenvalue weighted by atomic mass is 19.1. The van der Waals surface area contributed by atoms with Crippen molar-refractivity contribution >= 4 is 0 Å². The van der Waals surface area contributed by atoms with Gasteiger partial charge in [0.25, 0.3) is 0 Å². The van der Waals surface area contributed by atoms with Gasteiger partial charge in [-0.2, -0.15) is 0 Å². The van der Waals surface area contributed by atoms with Gasteiger partial charge in [0.2, 0.25) is 0 Å². The van der Waals surface area contributed by atoms with Crippen molar-refractivity contribution in [2.45, 2.75) is 38.0 Å². The van der Waals surface area contributed by atoms with Crippen LogP contribution in [0.5, 0.6) is 0 Å². The van der Waals surface area contributed by atoms with Crippen LogP contribution < -0.4 is 11.3 Å². The number of rotatable bonds is 3. The van der Waals surface area contributed by atoms with Crippen molar-refractivity contribution in [3.8, 4) is 0 Å². The fourth-order valence-electron chi connectivity index (χ4n) is 3.32. The third-order valence-electron chi connectivity index (χ3n) is 4.51. The predicted molar refractivity (Wildman–Crippen MR) is 75.5 cm³/mol. The first-order chi connectivity index (χ1) is 9.69. The number of nitrogens with two attached hydrogens (primary N) is 1. The van der Waals surface area contributed by atoms with Crippen LogP contribution in [0.25, 0.3) is 0 Å². The Hall–Kier alpha value is -1.01. The van der Waals surface area contributed by atoms with Crippen molar-refractivity contribution in [1.29, 1.82) is 0 Å². The molecule has 20 heavy (non-hydrogen) atoms. The summed E-state index contributed by atoms with van der Waals surface area (Å²) in [4.78, 5) is 2.48. The Morgan fingerprint density at radius 3 is 3.10 bits per heavy atom. The molecule has 2 aliphatic heterocycles. The molecule has 0 saturated carbocycles. The van der Waals surface area contributed by atoms with Gasteiger partial charge in [-0.15, -0.1) is 0 Å². The lowest BCUT2D eigenvalue weighted by atomic mass is 9.98. The standard InChI is InChI=1S/C15H22FN3O/c1-10-7-11(4-5-13(10)16)15(18-17)14-8-19-6-2-3-12(19)9-20-14/h4-5,7,12,14-15,18H,2-3,6,8-9,17H2,1H3. The molecule has 2 saturated heterocycles. The summed E-state index contributed by atoms with van der Waals surface area (Å²) in [5.41, 5.74) is 4.46. The van der Waals surface area contributed by atoms with Gasteiger partial charge in [0.15, 0.2) is 0 Å². The summed E-state index contributed by atoms with van der Waals surface area (Å²) < 4.78 is 19.4. The summed E-state index contributed by atoms with van der Waals surface area (Å²) in [5.74, 6) is 5.53. The Labute approximate surface area is 119 Å². The first-order valence-electron chi connectivity index (χ1n) is 7.27. The molecular formula is C15H22FN3O. The van der Waals surface area contributed by atoms with E-state index in [1.807, 2.05) is 6.07 Å².